The summed E-state index contributed by atoms with van der Waals surface area (Å²) in [6.45, 7) is 3.84. The predicted octanol–water partition coefficient (Wildman–Crippen LogP) is 2.79. The Hall–Kier alpha value is -1.09. The SMILES string of the molecule is CC(C)N=C(N)Cc1cccc(Cl)c1F. The van der Waals surface area contributed by atoms with Crippen molar-refractivity contribution in [3.05, 3.63) is 34.6 Å². The Kier molecular flexibility index (Phi) is 4.09. The molecule has 0 unspecified atom stereocenters. The van der Waals surface area contributed by atoms with Crippen LogP contribution in [0.4, 0.5) is 4.39 Å². The summed E-state index contributed by atoms with van der Waals surface area (Å²) in [4.78, 5) is 4.13. The van der Waals surface area contributed by atoms with Gasteiger partial charge in [-0.3, -0.25) is 4.99 Å². The first-order valence-corrected chi connectivity index (χ1v) is 5.13. The highest BCUT2D eigenvalue weighted by atomic mass is 35.5. The van der Waals surface area contributed by atoms with E-state index in [1.54, 1.807) is 12.1 Å². The summed E-state index contributed by atoms with van der Waals surface area (Å²) in [6.07, 6.45) is 0.296. The molecule has 82 valence electrons. The zero-order valence-electron chi connectivity index (χ0n) is 8.80. The third kappa shape index (κ3) is 3.51. The highest BCUT2D eigenvalue weighted by Crippen LogP contribution is 2.18. The van der Waals surface area contributed by atoms with Gasteiger partial charge in [0.1, 0.15) is 5.82 Å². The van der Waals surface area contributed by atoms with E-state index in [0.29, 0.717) is 17.8 Å². The standard InChI is InChI=1S/C11H14ClFN2/c1-7(2)15-10(14)6-8-4-3-5-9(12)11(8)13/h3-5,7H,6H2,1-2H3,(H2,14,15). The fraction of sp³-hybridized carbons (Fsp3) is 0.364. The van der Waals surface area contributed by atoms with E-state index >= 15 is 0 Å². The van der Waals surface area contributed by atoms with Gasteiger partial charge in [-0.2, -0.15) is 0 Å². The molecular weight excluding hydrogens is 215 g/mol. The minimum atomic E-state index is -0.416. The first kappa shape index (κ1) is 12.0. The molecule has 0 aliphatic heterocycles. The Morgan fingerprint density at radius 1 is 1.53 bits per heavy atom. The highest BCUT2D eigenvalue weighted by Gasteiger charge is 2.07. The Morgan fingerprint density at radius 2 is 2.20 bits per heavy atom. The molecule has 0 amide bonds. The zero-order valence-corrected chi connectivity index (χ0v) is 9.55. The Morgan fingerprint density at radius 3 is 2.80 bits per heavy atom. The molecule has 1 aromatic rings. The normalized spacial score (nSPS) is 12.2. The van der Waals surface area contributed by atoms with Crippen molar-refractivity contribution < 1.29 is 4.39 Å². The van der Waals surface area contributed by atoms with Gasteiger partial charge in [0.25, 0.3) is 0 Å². The van der Waals surface area contributed by atoms with Gasteiger partial charge in [-0.25, -0.2) is 4.39 Å². The van der Waals surface area contributed by atoms with Crippen LogP contribution in [0, 0.1) is 5.82 Å². The van der Waals surface area contributed by atoms with E-state index in [0.717, 1.165) is 0 Å². The molecular formula is C11H14ClFN2. The van der Waals surface area contributed by atoms with Crippen LogP contribution in [0.3, 0.4) is 0 Å². The number of amidine groups is 1. The maximum absolute atomic E-state index is 13.5. The number of rotatable bonds is 3. The topological polar surface area (TPSA) is 38.4 Å². The summed E-state index contributed by atoms with van der Waals surface area (Å²) in [5.74, 6) is 0.00670. The molecule has 0 bridgehead atoms. The van der Waals surface area contributed by atoms with Crippen LogP contribution in [0.15, 0.2) is 23.2 Å². The van der Waals surface area contributed by atoms with Gasteiger partial charge in [0.2, 0.25) is 0 Å². The van der Waals surface area contributed by atoms with Crippen LogP contribution in [0.5, 0.6) is 0 Å². The molecule has 0 atom stereocenters. The maximum atomic E-state index is 13.5. The van der Waals surface area contributed by atoms with Crippen molar-refractivity contribution in [2.75, 3.05) is 0 Å². The van der Waals surface area contributed by atoms with Gasteiger partial charge in [-0.05, 0) is 25.5 Å². The van der Waals surface area contributed by atoms with Gasteiger partial charge in [0.15, 0.2) is 0 Å². The van der Waals surface area contributed by atoms with Crippen LogP contribution >= 0.6 is 11.6 Å². The quantitative estimate of drug-likeness (QED) is 0.627. The third-order valence-corrected chi connectivity index (χ3v) is 2.12. The van der Waals surface area contributed by atoms with Gasteiger partial charge >= 0.3 is 0 Å². The van der Waals surface area contributed by atoms with Crippen molar-refractivity contribution >= 4 is 17.4 Å². The van der Waals surface area contributed by atoms with E-state index in [4.69, 9.17) is 17.3 Å². The van der Waals surface area contributed by atoms with Crippen molar-refractivity contribution in [3.8, 4) is 0 Å². The lowest BCUT2D eigenvalue weighted by molar-refractivity contribution is 0.616. The first-order chi connectivity index (χ1) is 7.00. The number of benzene rings is 1. The lowest BCUT2D eigenvalue weighted by atomic mass is 10.1. The molecule has 2 nitrogen and oxygen atoms in total. The van der Waals surface area contributed by atoms with Crippen LogP contribution in [0.25, 0.3) is 0 Å². The molecule has 0 aliphatic carbocycles. The van der Waals surface area contributed by atoms with Gasteiger partial charge in [-0.15, -0.1) is 0 Å². The number of nitrogens with zero attached hydrogens (tertiary/aromatic N) is 1. The third-order valence-electron chi connectivity index (χ3n) is 1.83. The monoisotopic (exact) mass is 228 g/mol. The minimum Gasteiger partial charge on any atom is -0.387 e. The molecule has 1 rings (SSSR count). The number of halogens is 2. The fourth-order valence-electron chi connectivity index (χ4n) is 1.26. The molecule has 0 saturated heterocycles. The van der Waals surface area contributed by atoms with Gasteiger partial charge in [0.05, 0.1) is 10.9 Å². The second-order valence-electron chi connectivity index (χ2n) is 3.60. The number of aliphatic imine (C=N–C) groups is 1. The lowest BCUT2D eigenvalue weighted by Gasteiger charge is -2.05. The molecule has 1 aromatic carbocycles. The average Bonchev–Trinajstić information content (AvgIpc) is 2.11. The van der Waals surface area contributed by atoms with E-state index in [1.165, 1.54) is 6.07 Å². The van der Waals surface area contributed by atoms with Crippen LogP contribution < -0.4 is 5.73 Å². The summed E-state index contributed by atoms with van der Waals surface area (Å²) in [5, 5.41) is 0.116. The summed E-state index contributed by atoms with van der Waals surface area (Å²) < 4.78 is 13.5. The van der Waals surface area contributed by atoms with Gasteiger partial charge < -0.3 is 5.73 Å². The maximum Gasteiger partial charge on any atom is 0.145 e. The Bertz CT molecular complexity index is 375. The largest absolute Gasteiger partial charge is 0.387 e. The van der Waals surface area contributed by atoms with Crippen LogP contribution in [0.2, 0.25) is 5.02 Å². The molecule has 0 fully saturated rings. The number of hydrogen-bond donors (Lipinski definition) is 1. The molecule has 4 heteroatoms. The van der Waals surface area contributed by atoms with E-state index < -0.39 is 5.82 Å². The van der Waals surface area contributed by atoms with Crippen LogP contribution in [-0.2, 0) is 6.42 Å². The Balaban J connectivity index is 2.86. The zero-order chi connectivity index (χ0) is 11.4. The van der Waals surface area contributed by atoms with E-state index in [2.05, 4.69) is 4.99 Å². The second-order valence-corrected chi connectivity index (χ2v) is 4.01. The van der Waals surface area contributed by atoms with E-state index in [1.807, 2.05) is 13.8 Å². The minimum absolute atomic E-state index is 0.116. The molecule has 0 saturated carbocycles. The molecule has 0 spiro atoms. The molecule has 0 aliphatic rings. The Labute approximate surface area is 94.0 Å². The molecule has 0 aromatic heterocycles. The average molecular weight is 229 g/mol. The molecule has 2 N–H and O–H groups in total. The van der Waals surface area contributed by atoms with Gasteiger partial charge in [-0.1, -0.05) is 23.7 Å². The summed E-state index contributed by atoms with van der Waals surface area (Å²) in [6, 6.07) is 4.98. The van der Waals surface area contributed by atoms with E-state index in [9.17, 15) is 4.39 Å². The molecule has 0 heterocycles. The van der Waals surface area contributed by atoms with Crippen molar-refractivity contribution in [2.45, 2.75) is 26.3 Å². The number of nitrogens with two attached hydrogens (primary N) is 1. The lowest BCUT2D eigenvalue weighted by Crippen LogP contribution is -2.17. The van der Waals surface area contributed by atoms with Gasteiger partial charge in [0, 0.05) is 12.5 Å². The van der Waals surface area contributed by atoms with Crippen molar-refractivity contribution in [2.24, 2.45) is 10.7 Å². The van der Waals surface area contributed by atoms with E-state index in [-0.39, 0.29) is 11.1 Å². The molecule has 0 radical (unpaired) electrons. The second kappa shape index (κ2) is 5.12. The van der Waals surface area contributed by atoms with Crippen molar-refractivity contribution in [3.63, 3.8) is 0 Å². The van der Waals surface area contributed by atoms with Crippen molar-refractivity contribution in [1.29, 1.82) is 0 Å². The van der Waals surface area contributed by atoms with Crippen LogP contribution in [0.1, 0.15) is 19.4 Å². The smallest absolute Gasteiger partial charge is 0.145 e. The highest BCUT2D eigenvalue weighted by molar-refractivity contribution is 6.30. The summed E-state index contributed by atoms with van der Waals surface area (Å²) in [5.41, 5.74) is 6.14. The summed E-state index contributed by atoms with van der Waals surface area (Å²) >= 11 is 5.65. The summed E-state index contributed by atoms with van der Waals surface area (Å²) in [7, 11) is 0. The first-order valence-electron chi connectivity index (χ1n) is 4.75. The number of hydrogen-bond acceptors (Lipinski definition) is 1. The fourth-order valence-corrected chi connectivity index (χ4v) is 1.45. The van der Waals surface area contributed by atoms with Crippen molar-refractivity contribution in [1.82, 2.24) is 0 Å². The van der Waals surface area contributed by atoms with Crippen LogP contribution in [-0.4, -0.2) is 11.9 Å². The predicted molar refractivity (Wildman–Crippen MR) is 61.9 cm³/mol. The molecule has 15 heavy (non-hydrogen) atoms.